The summed E-state index contributed by atoms with van der Waals surface area (Å²) in [6, 6.07) is 65.8. The van der Waals surface area contributed by atoms with Crippen molar-refractivity contribution in [2.45, 2.75) is 41.5 Å². The fourth-order valence-electron chi connectivity index (χ4n) is 8.88. The first kappa shape index (κ1) is 47.8. The quantitative estimate of drug-likeness (QED) is 0.176. The zero-order valence-electron chi connectivity index (χ0n) is 38.4. The number of hydrogen-bond acceptors (Lipinski definition) is 1. The van der Waals surface area contributed by atoms with Crippen LogP contribution in [0.2, 0.25) is 0 Å². The lowest BCUT2D eigenvalue weighted by Gasteiger charge is -2.14. The highest BCUT2D eigenvalue weighted by molar-refractivity contribution is 9.11. The lowest BCUT2D eigenvalue weighted by molar-refractivity contribution is 1.12. The van der Waals surface area contributed by atoms with Gasteiger partial charge in [0, 0.05) is 45.1 Å². The molecular formula is C60H51Br4N3. The maximum atomic E-state index is 5.68. The number of rotatable bonds is 3. The van der Waals surface area contributed by atoms with Gasteiger partial charge in [0.2, 0.25) is 0 Å². The third-order valence-corrected chi connectivity index (χ3v) is 14.5. The molecule has 0 aliphatic carbocycles. The van der Waals surface area contributed by atoms with Gasteiger partial charge in [-0.3, -0.25) is 0 Å². The lowest BCUT2D eigenvalue weighted by atomic mass is 10.1. The molecule has 3 nitrogen and oxygen atoms in total. The largest absolute Gasteiger partial charge is 0.398 e. The van der Waals surface area contributed by atoms with Gasteiger partial charge >= 0.3 is 0 Å². The number of halogens is 4. The molecule has 0 bridgehead atoms. The Hall–Kier alpha value is -5.70. The first-order chi connectivity index (χ1) is 32.3. The number of anilines is 1. The van der Waals surface area contributed by atoms with Crippen LogP contribution in [-0.2, 0) is 0 Å². The van der Waals surface area contributed by atoms with Gasteiger partial charge in [0.05, 0.1) is 33.4 Å². The Labute approximate surface area is 427 Å². The molecule has 11 rings (SSSR count). The van der Waals surface area contributed by atoms with Crippen molar-refractivity contribution >= 4 is 113 Å². The lowest BCUT2D eigenvalue weighted by Crippen LogP contribution is -1.99. The molecule has 0 saturated carbocycles. The van der Waals surface area contributed by atoms with Crippen molar-refractivity contribution in [3.05, 3.63) is 239 Å². The molecule has 0 aliphatic rings. The molecular weight excluding hydrogens is 1080 g/mol. The third-order valence-electron chi connectivity index (χ3n) is 12.2. The maximum absolute atomic E-state index is 5.68. The maximum Gasteiger partial charge on any atom is 0.0542 e. The Morgan fingerprint density at radius 1 is 0.313 bits per heavy atom. The molecule has 2 heterocycles. The average molecular weight is 1130 g/mol. The zero-order chi connectivity index (χ0) is 47.4. The van der Waals surface area contributed by atoms with E-state index in [1.54, 1.807) is 0 Å². The molecule has 0 fully saturated rings. The molecule has 0 radical (unpaired) electrons. The van der Waals surface area contributed by atoms with Crippen molar-refractivity contribution in [3.63, 3.8) is 0 Å². The summed E-state index contributed by atoms with van der Waals surface area (Å²) in [4.78, 5) is 0. The van der Waals surface area contributed by atoms with Gasteiger partial charge in [-0.25, -0.2) is 0 Å². The molecule has 0 saturated heterocycles. The number of nitrogens with zero attached hydrogens (tertiary/aromatic N) is 2. The van der Waals surface area contributed by atoms with E-state index in [2.05, 4.69) is 246 Å². The summed E-state index contributed by atoms with van der Waals surface area (Å²) in [6.07, 6.45) is 0. The summed E-state index contributed by atoms with van der Waals surface area (Å²) in [7, 11) is 0. The number of nitrogens with two attached hydrogens (primary N) is 1. The van der Waals surface area contributed by atoms with Gasteiger partial charge in [-0.05, 0) is 147 Å². The molecule has 0 aliphatic heterocycles. The number of nitrogen functional groups attached to an aromatic ring is 1. The van der Waals surface area contributed by atoms with Crippen molar-refractivity contribution in [2.24, 2.45) is 0 Å². The van der Waals surface area contributed by atoms with Gasteiger partial charge < -0.3 is 14.9 Å². The van der Waals surface area contributed by atoms with Gasteiger partial charge in [-0.15, -0.1) is 0 Å². The highest BCUT2D eigenvalue weighted by atomic mass is 79.9. The molecule has 7 heteroatoms. The molecule has 0 spiro atoms. The van der Waals surface area contributed by atoms with Crippen LogP contribution in [0.5, 0.6) is 0 Å². The van der Waals surface area contributed by atoms with Crippen molar-refractivity contribution in [1.82, 2.24) is 9.13 Å². The van der Waals surface area contributed by atoms with Crippen LogP contribution in [0.3, 0.4) is 0 Å². The summed E-state index contributed by atoms with van der Waals surface area (Å²) in [6.45, 7) is 12.8. The van der Waals surface area contributed by atoms with Crippen LogP contribution in [0.25, 0.3) is 66.1 Å². The summed E-state index contributed by atoms with van der Waals surface area (Å²) >= 11 is 14.3. The molecule has 0 unspecified atom stereocenters. The number of benzene rings is 9. The van der Waals surface area contributed by atoms with Crippen LogP contribution >= 0.6 is 63.7 Å². The SMILES string of the molecule is Brc1ccccc1-c1ccccc1Br.Cc1cccc(C)c1-n1c2ccc(Br)cc2c2cc(Br)ccc21.Cc1cccc(C)c1-n1c2ccccc2c2ccccc21.Cc1cccc(C)c1N. The van der Waals surface area contributed by atoms with E-state index in [0.717, 1.165) is 34.7 Å². The summed E-state index contributed by atoms with van der Waals surface area (Å²) < 4.78 is 9.22. The zero-order valence-corrected chi connectivity index (χ0v) is 44.7. The van der Waals surface area contributed by atoms with Crippen LogP contribution in [0.4, 0.5) is 5.69 Å². The molecule has 334 valence electrons. The Morgan fingerprint density at radius 2 is 0.627 bits per heavy atom. The van der Waals surface area contributed by atoms with Crippen molar-refractivity contribution in [3.8, 4) is 22.5 Å². The van der Waals surface area contributed by atoms with Gasteiger partial charge in [-0.2, -0.15) is 0 Å². The highest BCUT2D eigenvalue weighted by Gasteiger charge is 2.17. The van der Waals surface area contributed by atoms with E-state index in [1.807, 2.05) is 56.3 Å². The van der Waals surface area contributed by atoms with E-state index in [0.29, 0.717) is 0 Å². The average Bonchev–Trinajstić information content (AvgIpc) is 3.81. The fraction of sp³-hybridized carbons (Fsp3) is 0.100. The number of para-hydroxylation sites is 5. The third kappa shape index (κ3) is 10.1. The van der Waals surface area contributed by atoms with Crippen LogP contribution in [-0.4, -0.2) is 9.13 Å². The normalized spacial score (nSPS) is 10.9. The topological polar surface area (TPSA) is 35.9 Å². The number of fused-ring (bicyclic) bond motifs is 6. The van der Waals surface area contributed by atoms with Gasteiger partial charge in [0.15, 0.2) is 0 Å². The van der Waals surface area contributed by atoms with Crippen molar-refractivity contribution in [1.29, 1.82) is 0 Å². The van der Waals surface area contributed by atoms with E-state index in [4.69, 9.17) is 5.73 Å². The van der Waals surface area contributed by atoms with E-state index in [-0.39, 0.29) is 0 Å². The monoisotopic (exact) mass is 1130 g/mol. The minimum atomic E-state index is 0.914. The van der Waals surface area contributed by atoms with E-state index < -0.39 is 0 Å². The minimum absolute atomic E-state index is 0.914. The second kappa shape index (κ2) is 21.1. The molecule has 2 aromatic heterocycles. The van der Waals surface area contributed by atoms with Crippen LogP contribution in [0.1, 0.15) is 33.4 Å². The molecule has 0 amide bonds. The first-order valence-electron chi connectivity index (χ1n) is 22.2. The van der Waals surface area contributed by atoms with Gasteiger partial charge in [0.1, 0.15) is 0 Å². The second-order valence-electron chi connectivity index (χ2n) is 16.8. The Bertz CT molecular complexity index is 3350. The van der Waals surface area contributed by atoms with Crippen molar-refractivity contribution < 1.29 is 0 Å². The van der Waals surface area contributed by atoms with Crippen LogP contribution < -0.4 is 5.73 Å². The van der Waals surface area contributed by atoms with Crippen LogP contribution in [0, 0.1) is 41.5 Å². The summed E-state index contributed by atoms with van der Waals surface area (Å²) in [5.41, 5.74) is 24.1. The smallest absolute Gasteiger partial charge is 0.0542 e. The fourth-order valence-corrected chi connectivity index (χ4v) is 10.6. The Kier molecular flexibility index (Phi) is 15.0. The van der Waals surface area contributed by atoms with Gasteiger partial charge in [0.25, 0.3) is 0 Å². The predicted octanol–water partition coefficient (Wildman–Crippen LogP) is 19.1. The molecule has 2 N–H and O–H groups in total. The first-order valence-corrected chi connectivity index (χ1v) is 25.3. The molecule has 67 heavy (non-hydrogen) atoms. The number of aromatic nitrogens is 2. The van der Waals surface area contributed by atoms with E-state index in [9.17, 15) is 0 Å². The predicted molar refractivity (Wildman–Crippen MR) is 304 cm³/mol. The van der Waals surface area contributed by atoms with Crippen LogP contribution in [0.15, 0.2) is 206 Å². The summed E-state index contributed by atoms with van der Waals surface area (Å²) in [5, 5.41) is 5.16. The number of aryl methyl sites for hydroxylation is 6. The molecule has 0 atom stereocenters. The highest BCUT2D eigenvalue weighted by Crippen LogP contribution is 2.38. The molecule has 9 aromatic carbocycles. The Balaban J connectivity index is 0.000000128. The molecule has 11 aromatic rings. The van der Waals surface area contributed by atoms with E-state index in [1.165, 1.54) is 88.4 Å². The second-order valence-corrected chi connectivity index (χ2v) is 20.3. The van der Waals surface area contributed by atoms with Gasteiger partial charge in [-0.1, -0.05) is 191 Å². The minimum Gasteiger partial charge on any atom is -0.398 e. The van der Waals surface area contributed by atoms with E-state index >= 15 is 0 Å². The van der Waals surface area contributed by atoms with Crippen molar-refractivity contribution in [2.75, 3.05) is 5.73 Å². The standard InChI is InChI=1S/C20H15Br2N.C20H17N.C12H8Br2.C8H11N/c1-12-4-3-5-13(2)20(12)23-18-8-6-14(21)10-16(18)17-11-15(22)7-9-19(17)23;1-14-8-7-9-15(2)20(14)21-18-12-5-3-10-16(18)17-11-4-6-13-19(17)21;13-11-7-3-1-5-9(11)10-6-2-4-8-12(10)14;1-6-4-3-5-7(2)8(6)9/h3-11H,1-2H3;3-13H,1-2H3;1-8H;3-5H,9H2,1-2H3. The summed E-state index contributed by atoms with van der Waals surface area (Å²) in [5.74, 6) is 0. The Morgan fingerprint density at radius 3 is 0.985 bits per heavy atom. The number of hydrogen-bond donors (Lipinski definition) is 1.